The number of quaternary nitrogens is 1. The summed E-state index contributed by atoms with van der Waals surface area (Å²) in [5.41, 5.74) is 1.22. The second-order valence-electron chi connectivity index (χ2n) is 7.00. The van der Waals surface area contributed by atoms with E-state index in [2.05, 4.69) is 20.8 Å². The van der Waals surface area contributed by atoms with Crippen LogP contribution in [0.1, 0.15) is 43.1 Å². The van der Waals surface area contributed by atoms with Gasteiger partial charge in [-0.15, -0.1) is 0 Å². The van der Waals surface area contributed by atoms with Gasteiger partial charge >= 0.3 is 0 Å². The zero-order valence-electron chi connectivity index (χ0n) is 17.6. The van der Waals surface area contributed by atoms with Gasteiger partial charge in [-0.3, -0.25) is 4.79 Å². The number of aromatic hydroxyl groups is 1. The minimum absolute atomic E-state index is 0. The largest absolute Gasteiger partial charge is 1.00 e. The number of benzene rings is 2. The van der Waals surface area contributed by atoms with E-state index in [1.54, 1.807) is 36.4 Å². The lowest BCUT2D eigenvalue weighted by atomic mass is 10.1. The van der Waals surface area contributed by atoms with Gasteiger partial charge in [0.1, 0.15) is 11.5 Å². The van der Waals surface area contributed by atoms with Crippen molar-refractivity contribution < 1.29 is 36.1 Å². The Morgan fingerprint density at radius 3 is 2.21 bits per heavy atom. The van der Waals surface area contributed by atoms with Gasteiger partial charge in [-0.25, -0.2) is 0 Å². The van der Waals surface area contributed by atoms with Gasteiger partial charge in [0.05, 0.1) is 32.8 Å². The van der Waals surface area contributed by atoms with E-state index in [1.165, 1.54) is 6.08 Å². The quantitative estimate of drug-likeness (QED) is 0.240. The Morgan fingerprint density at radius 2 is 1.62 bits per heavy atom. The molecule has 2 aromatic rings. The van der Waals surface area contributed by atoms with Crippen LogP contribution in [0.25, 0.3) is 6.08 Å². The van der Waals surface area contributed by atoms with Crippen molar-refractivity contribution in [3.8, 4) is 11.5 Å². The first-order valence-corrected chi connectivity index (χ1v) is 10.1. The van der Waals surface area contributed by atoms with Gasteiger partial charge in [0.15, 0.2) is 5.78 Å². The molecule has 5 heteroatoms. The van der Waals surface area contributed by atoms with Crippen LogP contribution < -0.4 is 21.7 Å². The molecule has 0 aromatic heterocycles. The number of hydrogen-bond acceptors (Lipinski definition) is 3. The topological polar surface area (TPSA) is 46.5 Å². The zero-order valence-corrected chi connectivity index (χ0v) is 19.2. The van der Waals surface area contributed by atoms with E-state index in [-0.39, 0.29) is 28.5 Å². The van der Waals surface area contributed by atoms with Crippen LogP contribution in [0.4, 0.5) is 0 Å². The van der Waals surface area contributed by atoms with Crippen LogP contribution in [0.3, 0.4) is 0 Å². The first-order chi connectivity index (χ1) is 13.5. The summed E-state index contributed by atoms with van der Waals surface area (Å²) in [4.78, 5) is 12.3. The number of ketones is 1. The molecule has 0 unspecified atom stereocenters. The van der Waals surface area contributed by atoms with Crippen LogP contribution in [0, 0.1) is 0 Å². The van der Waals surface area contributed by atoms with Crippen molar-refractivity contribution in [3.05, 3.63) is 65.7 Å². The number of halogens is 1. The first kappa shape index (κ1) is 24.9. The number of carbonyl (C=O) groups is 1. The van der Waals surface area contributed by atoms with E-state index >= 15 is 0 Å². The van der Waals surface area contributed by atoms with E-state index < -0.39 is 0 Å². The van der Waals surface area contributed by atoms with Crippen molar-refractivity contribution in [2.75, 3.05) is 32.8 Å². The molecule has 0 atom stereocenters. The fourth-order valence-electron chi connectivity index (χ4n) is 3.34. The Kier molecular flexibility index (Phi) is 10.7. The Hall–Kier alpha value is -2.11. The number of hydrogen-bond donors (Lipinski definition) is 1. The van der Waals surface area contributed by atoms with Crippen molar-refractivity contribution in [1.29, 1.82) is 0 Å². The summed E-state index contributed by atoms with van der Waals surface area (Å²) in [5, 5.41) is 9.75. The molecule has 0 fully saturated rings. The van der Waals surface area contributed by atoms with Crippen molar-refractivity contribution in [2.24, 2.45) is 0 Å². The van der Waals surface area contributed by atoms with E-state index in [0.717, 1.165) is 42.8 Å². The Labute approximate surface area is 185 Å². The predicted octanol–water partition coefficient (Wildman–Crippen LogP) is 1.94. The van der Waals surface area contributed by atoms with E-state index in [0.29, 0.717) is 17.7 Å². The smallest absolute Gasteiger partial charge is 0.185 e. The number of carbonyl (C=O) groups excluding carboxylic acids is 1. The molecule has 1 N–H and O–H groups in total. The van der Waals surface area contributed by atoms with Gasteiger partial charge < -0.3 is 31.3 Å². The van der Waals surface area contributed by atoms with Gasteiger partial charge in [0.2, 0.25) is 0 Å². The molecular formula is C24H32BrNO3. The van der Waals surface area contributed by atoms with Crippen molar-refractivity contribution in [3.63, 3.8) is 0 Å². The lowest BCUT2D eigenvalue weighted by Crippen LogP contribution is -3.00. The maximum atomic E-state index is 12.3. The van der Waals surface area contributed by atoms with E-state index in [1.807, 2.05) is 18.2 Å². The van der Waals surface area contributed by atoms with Crippen molar-refractivity contribution in [1.82, 2.24) is 0 Å². The second-order valence-corrected chi connectivity index (χ2v) is 7.00. The number of para-hydroxylation sites is 1. The average molecular weight is 462 g/mol. The van der Waals surface area contributed by atoms with Crippen LogP contribution in [-0.2, 0) is 0 Å². The molecule has 0 aliphatic rings. The highest BCUT2D eigenvalue weighted by atomic mass is 79.9. The van der Waals surface area contributed by atoms with Crippen molar-refractivity contribution >= 4 is 11.9 Å². The molecule has 2 rings (SSSR count). The Bertz CT molecular complexity index is 775. The van der Waals surface area contributed by atoms with E-state index in [4.69, 9.17) is 4.74 Å². The Morgan fingerprint density at radius 1 is 1.00 bits per heavy atom. The molecule has 0 saturated heterocycles. The summed E-state index contributed by atoms with van der Waals surface area (Å²) in [7, 11) is 0. The summed E-state index contributed by atoms with van der Waals surface area (Å²) in [5.74, 6) is 0.835. The molecule has 0 bridgehead atoms. The van der Waals surface area contributed by atoms with Gasteiger partial charge in [-0.2, -0.15) is 0 Å². The SMILES string of the molecule is CC[N+](CC)(CC)CCCOc1ccc(C(=O)/C=C/c2ccccc2O)cc1.[Br-]. The normalized spacial score (nSPS) is 11.3. The lowest BCUT2D eigenvalue weighted by molar-refractivity contribution is -0.923. The fourth-order valence-corrected chi connectivity index (χ4v) is 3.34. The molecule has 2 aromatic carbocycles. The Balaban J connectivity index is 0.00000420. The third-order valence-electron chi connectivity index (χ3n) is 5.55. The molecule has 0 radical (unpaired) electrons. The van der Waals surface area contributed by atoms with Gasteiger partial charge in [0.25, 0.3) is 0 Å². The molecule has 0 amide bonds. The minimum Gasteiger partial charge on any atom is -1.00 e. The number of phenolic OH excluding ortho intramolecular Hbond substituents is 1. The highest BCUT2D eigenvalue weighted by Gasteiger charge is 2.19. The number of ether oxygens (including phenoxy) is 1. The number of allylic oxidation sites excluding steroid dienone is 1. The van der Waals surface area contributed by atoms with Crippen LogP contribution >= 0.6 is 0 Å². The molecule has 0 aliphatic heterocycles. The first-order valence-electron chi connectivity index (χ1n) is 10.1. The monoisotopic (exact) mass is 461 g/mol. The van der Waals surface area contributed by atoms with Gasteiger partial charge in [0, 0.05) is 17.5 Å². The standard InChI is InChI=1S/C24H31NO3.BrH/c1-4-25(5-2,6-3)18-9-19-28-22-15-12-21(13-16-22)24(27)17-14-20-10-7-8-11-23(20)26;/h7-8,10-17H,4-6,9,18-19H2,1-3H3;1H. The third kappa shape index (κ3) is 7.33. The summed E-state index contributed by atoms with van der Waals surface area (Å²) in [6.07, 6.45) is 4.12. The highest BCUT2D eigenvalue weighted by Crippen LogP contribution is 2.18. The maximum Gasteiger partial charge on any atom is 0.185 e. The highest BCUT2D eigenvalue weighted by molar-refractivity contribution is 6.07. The van der Waals surface area contributed by atoms with Crippen LogP contribution in [-0.4, -0.2) is 48.2 Å². The third-order valence-corrected chi connectivity index (χ3v) is 5.55. The van der Waals surface area contributed by atoms with Crippen molar-refractivity contribution in [2.45, 2.75) is 27.2 Å². The molecular weight excluding hydrogens is 430 g/mol. The van der Waals surface area contributed by atoms with Crippen LogP contribution in [0.15, 0.2) is 54.6 Å². The fraction of sp³-hybridized carbons (Fsp3) is 0.375. The number of nitrogens with zero attached hydrogens (tertiary/aromatic N) is 1. The second kappa shape index (κ2) is 12.5. The lowest BCUT2D eigenvalue weighted by Gasteiger charge is -2.35. The zero-order chi connectivity index (χ0) is 20.4. The maximum absolute atomic E-state index is 12.3. The molecule has 0 aliphatic carbocycles. The summed E-state index contributed by atoms with van der Waals surface area (Å²) >= 11 is 0. The minimum atomic E-state index is -0.106. The average Bonchev–Trinajstić information content (AvgIpc) is 2.74. The number of phenols is 1. The van der Waals surface area contributed by atoms with Gasteiger partial charge in [-0.05, 0) is 63.3 Å². The molecule has 0 saturated carbocycles. The summed E-state index contributed by atoms with van der Waals surface area (Å²) < 4.78 is 6.97. The molecule has 4 nitrogen and oxygen atoms in total. The van der Waals surface area contributed by atoms with Gasteiger partial charge in [-0.1, -0.05) is 18.2 Å². The summed E-state index contributed by atoms with van der Waals surface area (Å²) in [6, 6.07) is 14.2. The molecule has 29 heavy (non-hydrogen) atoms. The van der Waals surface area contributed by atoms with Crippen LogP contribution in [0.2, 0.25) is 0 Å². The van der Waals surface area contributed by atoms with E-state index in [9.17, 15) is 9.90 Å². The predicted molar refractivity (Wildman–Crippen MR) is 115 cm³/mol. The number of rotatable bonds is 11. The van der Waals surface area contributed by atoms with Crippen LogP contribution in [0.5, 0.6) is 11.5 Å². The summed E-state index contributed by atoms with van der Waals surface area (Å²) in [6.45, 7) is 12.0. The molecule has 0 spiro atoms. The molecule has 158 valence electrons. The molecule has 0 heterocycles.